The Bertz CT molecular complexity index is 1620. The first-order chi connectivity index (χ1) is 16.1. The number of amides is 1. The fraction of sp³-hybridized carbons (Fsp3) is 0.0400. The maximum Gasteiger partial charge on any atom is 0.334 e. The molecule has 2 N–H and O–H groups in total. The van der Waals surface area contributed by atoms with Crippen LogP contribution >= 0.6 is 11.8 Å². The first-order valence-electron chi connectivity index (χ1n) is 10.2. The summed E-state index contributed by atoms with van der Waals surface area (Å²) < 4.78 is 1.31. The Morgan fingerprint density at radius 3 is 2.55 bits per heavy atom. The van der Waals surface area contributed by atoms with Gasteiger partial charge in [-0.2, -0.15) is 0 Å². The molecule has 0 saturated carbocycles. The predicted octanol–water partition coefficient (Wildman–Crippen LogP) is 3.96. The van der Waals surface area contributed by atoms with Crippen LogP contribution in [0.5, 0.6) is 0 Å². The van der Waals surface area contributed by atoms with Crippen LogP contribution in [-0.4, -0.2) is 26.2 Å². The van der Waals surface area contributed by atoms with Gasteiger partial charge >= 0.3 is 5.69 Å². The summed E-state index contributed by atoms with van der Waals surface area (Å²) in [4.78, 5) is 44.3. The van der Waals surface area contributed by atoms with Gasteiger partial charge in [0.05, 0.1) is 22.0 Å². The van der Waals surface area contributed by atoms with Crippen LogP contribution in [0.2, 0.25) is 0 Å². The number of H-pyrrole nitrogens is 1. The maximum atomic E-state index is 12.7. The molecule has 0 atom stereocenters. The average Bonchev–Trinajstić information content (AvgIpc) is 2.82. The topological polar surface area (TPSA) is 96.8 Å². The molecule has 33 heavy (non-hydrogen) atoms. The fourth-order valence-corrected chi connectivity index (χ4v) is 4.35. The van der Waals surface area contributed by atoms with Gasteiger partial charge in [-0.25, -0.2) is 14.3 Å². The molecular formula is C25H18N4O3S. The van der Waals surface area contributed by atoms with Gasteiger partial charge in [-0.1, -0.05) is 72.4 Å². The van der Waals surface area contributed by atoms with E-state index in [1.807, 2.05) is 72.8 Å². The summed E-state index contributed by atoms with van der Waals surface area (Å²) in [7, 11) is 0. The van der Waals surface area contributed by atoms with Gasteiger partial charge < -0.3 is 5.32 Å². The van der Waals surface area contributed by atoms with E-state index in [0.29, 0.717) is 10.7 Å². The summed E-state index contributed by atoms with van der Waals surface area (Å²) in [6.45, 7) is 0. The first-order valence-corrected chi connectivity index (χ1v) is 11.2. The first kappa shape index (κ1) is 20.7. The number of anilines is 1. The number of carbonyl (C=O) groups excluding carboxylic acids is 1. The number of para-hydroxylation sites is 1. The molecule has 0 bridgehead atoms. The number of nitrogens with zero attached hydrogens (tertiary/aromatic N) is 2. The SMILES string of the molecule is O=C(CSc1ccc2ccccc2n1)Nc1cc(=O)[nH]c(=O)n1-c1cccc2ccccc12. The highest BCUT2D eigenvalue weighted by Crippen LogP contribution is 2.24. The molecule has 0 unspecified atom stereocenters. The Morgan fingerprint density at radius 1 is 0.909 bits per heavy atom. The summed E-state index contributed by atoms with van der Waals surface area (Å²) in [5.74, 6) is -0.173. The molecule has 0 spiro atoms. The third kappa shape index (κ3) is 4.28. The van der Waals surface area contributed by atoms with Crippen molar-refractivity contribution in [1.82, 2.24) is 14.5 Å². The molecule has 0 aliphatic rings. The van der Waals surface area contributed by atoms with Crippen LogP contribution in [0.25, 0.3) is 27.4 Å². The number of nitrogens with one attached hydrogen (secondary N) is 2. The Balaban J connectivity index is 1.44. The minimum absolute atomic E-state index is 0.0713. The molecule has 7 nitrogen and oxygen atoms in total. The number of benzene rings is 3. The molecule has 162 valence electrons. The van der Waals surface area contributed by atoms with Crippen molar-refractivity contribution >= 4 is 45.2 Å². The van der Waals surface area contributed by atoms with E-state index < -0.39 is 11.2 Å². The summed E-state index contributed by atoms with van der Waals surface area (Å²) in [6, 6.07) is 25.9. The van der Waals surface area contributed by atoms with E-state index in [0.717, 1.165) is 21.7 Å². The number of pyridine rings is 1. The number of thioether (sulfide) groups is 1. The number of fused-ring (bicyclic) bond motifs is 2. The number of rotatable bonds is 5. The van der Waals surface area contributed by atoms with Gasteiger partial charge in [0.15, 0.2) is 0 Å². The quantitative estimate of drug-likeness (QED) is 0.392. The van der Waals surface area contributed by atoms with Crippen LogP contribution < -0.4 is 16.6 Å². The zero-order chi connectivity index (χ0) is 22.8. The normalized spacial score (nSPS) is 11.0. The Kier molecular flexibility index (Phi) is 5.50. The van der Waals surface area contributed by atoms with Crippen molar-refractivity contribution in [1.29, 1.82) is 0 Å². The smallest absolute Gasteiger partial charge is 0.311 e. The average molecular weight is 455 g/mol. The lowest BCUT2D eigenvalue weighted by Crippen LogP contribution is -2.32. The molecule has 0 fully saturated rings. The van der Waals surface area contributed by atoms with Crippen LogP contribution in [0.3, 0.4) is 0 Å². The van der Waals surface area contributed by atoms with Gasteiger partial charge in [0, 0.05) is 16.8 Å². The van der Waals surface area contributed by atoms with Crippen molar-refractivity contribution in [3.8, 4) is 5.69 Å². The summed E-state index contributed by atoms with van der Waals surface area (Å²) >= 11 is 1.28. The van der Waals surface area contributed by atoms with Gasteiger partial charge in [-0.05, 0) is 23.6 Å². The van der Waals surface area contributed by atoms with E-state index in [4.69, 9.17) is 0 Å². The largest absolute Gasteiger partial charge is 0.334 e. The minimum Gasteiger partial charge on any atom is -0.311 e. The van der Waals surface area contributed by atoms with Crippen molar-refractivity contribution in [2.45, 2.75) is 5.03 Å². The molecule has 1 amide bonds. The molecule has 2 aromatic heterocycles. The van der Waals surface area contributed by atoms with Crippen molar-refractivity contribution in [2.24, 2.45) is 0 Å². The van der Waals surface area contributed by atoms with Crippen LogP contribution in [-0.2, 0) is 4.79 Å². The summed E-state index contributed by atoms with van der Waals surface area (Å²) in [6.07, 6.45) is 0. The van der Waals surface area contributed by atoms with Gasteiger partial charge in [0.1, 0.15) is 5.82 Å². The monoisotopic (exact) mass is 454 g/mol. The van der Waals surface area contributed by atoms with E-state index in [1.54, 1.807) is 6.07 Å². The van der Waals surface area contributed by atoms with E-state index in [1.165, 1.54) is 22.4 Å². The van der Waals surface area contributed by atoms with Crippen molar-refractivity contribution in [2.75, 3.05) is 11.1 Å². The van der Waals surface area contributed by atoms with Crippen molar-refractivity contribution in [3.05, 3.63) is 106 Å². The zero-order valence-corrected chi connectivity index (χ0v) is 18.1. The zero-order valence-electron chi connectivity index (χ0n) is 17.3. The number of carbonyl (C=O) groups is 1. The maximum absolute atomic E-state index is 12.7. The molecular weight excluding hydrogens is 436 g/mol. The number of hydrogen-bond donors (Lipinski definition) is 2. The highest BCUT2D eigenvalue weighted by atomic mass is 32.2. The second kappa shape index (κ2) is 8.76. The molecule has 2 heterocycles. The molecule has 0 radical (unpaired) electrons. The second-order valence-corrected chi connectivity index (χ2v) is 8.33. The second-order valence-electron chi connectivity index (χ2n) is 7.34. The fourth-order valence-electron chi connectivity index (χ4n) is 3.68. The molecule has 5 aromatic rings. The lowest BCUT2D eigenvalue weighted by Gasteiger charge is -2.15. The third-order valence-electron chi connectivity index (χ3n) is 5.14. The van der Waals surface area contributed by atoms with E-state index in [9.17, 15) is 14.4 Å². The van der Waals surface area contributed by atoms with Gasteiger partial charge in [-0.3, -0.25) is 14.6 Å². The van der Waals surface area contributed by atoms with Crippen LogP contribution in [0, 0.1) is 0 Å². The van der Waals surface area contributed by atoms with Gasteiger partial charge in [0.25, 0.3) is 5.56 Å². The minimum atomic E-state index is -0.627. The van der Waals surface area contributed by atoms with E-state index >= 15 is 0 Å². The lowest BCUT2D eigenvalue weighted by atomic mass is 10.1. The molecule has 0 aliphatic heterocycles. The van der Waals surface area contributed by atoms with Gasteiger partial charge in [-0.15, -0.1) is 0 Å². The molecule has 5 rings (SSSR count). The highest BCUT2D eigenvalue weighted by Gasteiger charge is 2.14. The predicted molar refractivity (Wildman–Crippen MR) is 131 cm³/mol. The van der Waals surface area contributed by atoms with Crippen LogP contribution in [0.15, 0.2) is 99.5 Å². The Hall–Kier alpha value is -4.17. The number of aromatic amines is 1. The Labute approximate surface area is 192 Å². The summed E-state index contributed by atoms with van der Waals surface area (Å²) in [5.41, 5.74) is 0.199. The standard InChI is InChI=1S/C25H18N4O3S/c30-22-14-21(27-23(31)15-33-24-13-12-17-7-2-4-10-19(17)26-24)29(25(32)28-22)20-11-5-8-16-6-1-3-9-18(16)20/h1-14H,15H2,(H,27,31)(H,28,30,32). The number of hydrogen-bond acceptors (Lipinski definition) is 5. The summed E-state index contributed by atoms with van der Waals surface area (Å²) in [5, 5.41) is 6.20. The van der Waals surface area contributed by atoms with Crippen LogP contribution in [0.4, 0.5) is 5.82 Å². The van der Waals surface area contributed by atoms with E-state index in [2.05, 4.69) is 15.3 Å². The lowest BCUT2D eigenvalue weighted by molar-refractivity contribution is -0.113. The van der Waals surface area contributed by atoms with Crippen molar-refractivity contribution < 1.29 is 4.79 Å². The molecule has 0 saturated heterocycles. The molecule has 0 aliphatic carbocycles. The molecule has 3 aromatic carbocycles. The van der Waals surface area contributed by atoms with E-state index in [-0.39, 0.29) is 17.5 Å². The highest BCUT2D eigenvalue weighted by molar-refractivity contribution is 7.99. The molecule has 8 heteroatoms. The van der Waals surface area contributed by atoms with Gasteiger partial charge in [0.2, 0.25) is 5.91 Å². The Morgan fingerprint density at radius 2 is 1.67 bits per heavy atom. The van der Waals surface area contributed by atoms with Crippen LogP contribution in [0.1, 0.15) is 0 Å². The number of aromatic nitrogens is 3. The third-order valence-corrected chi connectivity index (χ3v) is 6.07. The van der Waals surface area contributed by atoms with Crippen molar-refractivity contribution in [3.63, 3.8) is 0 Å².